The average molecular weight is 298 g/mol. The molecule has 2 heterocycles. The fourth-order valence-electron chi connectivity index (χ4n) is 2.05. The minimum absolute atomic E-state index is 0.807. The number of H-pyrrole nitrogens is 1. The monoisotopic (exact) mass is 298 g/mol. The Balaban J connectivity index is 1.66. The minimum Gasteiger partial charge on any atom is -0.370 e. The van der Waals surface area contributed by atoms with Crippen LogP contribution >= 0.6 is 11.8 Å². The molecule has 2 aromatic heterocycles. The highest BCUT2D eigenvalue weighted by Gasteiger charge is 2.04. The molecule has 0 radical (unpaired) electrons. The molecule has 3 rings (SSSR count). The average Bonchev–Trinajstić information content (AvgIpc) is 2.94. The first kappa shape index (κ1) is 13.9. The quantitative estimate of drug-likeness (QED) is 0.673. The first-order valence-corrected chi connectivity index (χ1v) is 8.11. The van der Waals surface area contributed by atoms with E-state index in [1.807, 2.05) is 42.5 Å². The summed E-state index contributed by atoms with van der Waals surface area (Å²) >= 11 is 1.67. The summed E-state index contributed by atoms with van der Waals surface area (Å²) in [5, 5.41) is 4.25. The van der Waals surface area contributed by atoms with Crippen LogP contribution in [-0.4, -0.2) is 21.5 Å². The van der Waals surface area contributed by atoms with Crippen LogP contribution in [0.4, 0.5) is 5.82 Å². The lowest BCUT2D eigenvalue weighted by molar-refractivity contribution is 0.964. The van der Waals surface area contributed by atoms with Crippen molar-refractivity contribution in [2.45, 2.75) is 24.3 Å². The van der Waals surface area contributed by atoms with E-state index in [0.717, 1.165) is 46.4 Å². The summed E-state index contributed by atoms with van der Waals surface area (Å²) in [6, 6.07) is 14.2. The van der Waals surface area contributed by atoms with E-state index in [-0.39, 0.29) is 0 Å². The molecular formula is C16H18N4S. The Hall–Kier alpha value is -2.01. The van der Waals surface area contributed by atoms with E-state index in [4.69, 9.17) is 0 Å². The first-order chi connectivity index (χ1) is 10.3. The Labute approximate surface area is 128 Å². The van der Waals surface area contributed by atoms with Crippen LogP contribution in [0.25, 0.3) is 11.0 Å². The predicted molar refractivity (Wildman–Crippen MR) is 88.7 cm³/mol. The van der Waals surface area contributed by atoms with Crippen molar-refractivity contribution in [2.75, 3.05) is 11.9 Å². The van der Waals surface area contributed by atoms with Crippen LogP contribution in [0.5, 0.6) is 0 Å². The number of aromatic amines is 1. The van der Waals surface area contributed by atoms with Gasteiger partial charge in [0.2, 0.25) is 0 Å². The van der Waals surface area contributed by atoms with Crippen LogP contribution in [0.15, 0.2) is 47.6 Å². The zero-order valence-electron chi connectivity index (χ0n) is 12.0. The third-order valence-electron chi connectivity index (χ3n) is 3.09. The maximum absolute atomic E-state index is 4.61. The number of anilines is 1. The Bertz CT molecular complexity index is 690. The number of para-hydroxylation sites is 2. The highest BCUT2D eigenvalue weighted by Crippen LogP contribution is 2.22. The van der Waals surface area contributed by atoms with Crippen molar-refractivity contribution in [1.29, 1.82) is 0 Å². The second kappa shape index (κ2) is 6.63. The number of benzene rings is 1. The zero-order valence-corrected chi connectivity index (χ0v) is 12.8. The van der Waals surface area contributed by atoms with Gasteiger partial charge >= 0.3 is 0 Å². The van der Waals surface area contributed by atoms with Crippen molar-refractivity contribution < 1.29 is 0 Å². The fraction of sp³-hybridized carbons (Fsp3) is 0.250. The summed E-state index contributed by atoms with van der Waals surface area (Å²) in [6.07, 6.45) is 1.10. The van der Waals surface area contributed by atoms with Gasteiger partial charge in [0.1, 0.15) is 5.82 Å². The van der Waals surface area contributed by atoms with Crippen LogP contribution in [0, 0.1) is 0 Å². The number of nitrogens with one attached hydrogen (secondary N) is 2. The van der Waals surface area contributed by atoms with Gasteiger partial charge < -0.3 is 10.3 Å². The molecule has 21 heavy (non-hydrogen) atoms. The van der Waals surface area contributed by atoms with E-state index in [9.17, 15) is 0 Å². The number of pyridine rings is 1. The molecule has 108 valence electrons. The number of hydrogen-bond donors (Lipinski definition) is 2. The number of fused-ring (bicyclic) bond motifs is 1. The summed E-state index contributed by atoms with van der Waals surface area (Å²) in [7, 11) is 0. The molecule has 5 heteroatoms. The highest BCUT2D eigenvalue weighted by molar-refractivity contribution is 7.98. The molecule has 0 aliphatic carbocycles. The molecule has 1 aromatic carbocycles. The topological polar surface area (TPSA) is 53.6 Å². The van der Waals surface area contributed by atoms with E-state index in [1.54, 1.807) is 11.8 Å². The molecule has 0 unspecified atom stereocenters. The van der Waals surface area contributed by atoms with E-state index in [1.165, 1.54) is 0 Å². The van der Waals surface area contributed by atoms with Gasteiger partial charge in [-0.25, -0.2) is 9.97 Å². The van der Waals surface area contributed by atoms with Crippen molar-refractivity contribution in [2.24, 2.45) is 0 Å². The molecule has 0 saturated heterocycles. The molecule has 4 nitrogen and oxygen atoms in total. The lowest BCUT2D eigenvalue weighted by Gasteiger charge is -2.05. The van der Waals surface area contributed by atoms with Gasteiger partial charge in [-0.2, -0.15) is 0 Å². The second-order valence-corrected chi connectivity index (χ2v) is 5.75. The van der Waals surface area contributed by atoms with Crippen LogP contribution in [0.2, 0.25) is 0 Å². The van der Waals surface area contributed by atoms with E-state index in [0.29, 0.717) is 0 Å². The van der Waals surface area contributed by atoms with Crippen molar-refractivity contribution in [1.82, 2.24) is 15.0 Å². The number of rotatable bonds is 6. The van der Waals surface area contributed by atoms with Crippen LogP contribution in [0.3, 0.4) is 0 Å². The van der Waals surface area contributed by atoms with E-state index < -0.39 is 0 Å². The number of imidazole rings is 1. The standard InChI is InChI=1S/C16H18N4S/c1-2-10-17-15-9-5-6-12(18-15)11-21-16-19-13-7-3-4-8-14(13)20-16/h3-9H,2,10-11H2,1H3,(H,17,18)(H,19,20). The predicted octanol–water partition coefficient (Wildman–Crippen LogP) is 4.07. The Morgan fingerprint density at radius 3 is 2.86 bits per heavy atom. The maximum atomic E-state index is 4.61. The number of aromatic nitrogens is 3. The second-order valence-electron chi connectivity index (χ2n) is 4.79. The number of thioether (sulfide) groups is 1. The van der Waals surface area contributed by atoms with Gasteiger partial charge in [0.15, 0.2) is 5.16 Å². The van der Waals surface area contributed by atoms with Gasteiger partial charge in [-0.1, -0.05) is 36.9 Å². The van der Waals surface area contributed by atoms with Gasteiger partial charge in [-0.3, -0.25) is 0 Å². The van der Waals surface area contributed by atoms with Crippen molar-refractivity contribution in [3.8, 4) is 0 Å². The Morgan fingerprint density at radius 2 is 2.00 bits per heavy atom. The number of nitrogens with zero attached hydrogens (tertiary/aromatic N) is 2. The van der Waals surface area contributed by atoms with Gasteiger partial charge in [0, 0.05) is 12.3 Å². The van der Waals surface area contributed by atoms with E-state index in [2.05, 4.69) is 27.2 Å². The molecule has 0 bridgehead atoms. The van der Waals surface area contributed by atoms with Crippen molar-refractivity contribution >= 4 is 28.6 Å². The maximum Gasteiger partial charge on any atom is 0.166 e. The molecule has 0 fully saturated rings. The molecular weight excluding hydrogens is 280 g/mol. The van der Waals surface area contributed by atoms with Gasteiger partial charge in [0.25, 0.3) is 0 Å². The molecule has 0 aliphatic rings. The van der Waals surface area contributed by atoms with Crippen LogP contribution in [0.1, 0.15) is 19.0 Å². The van der Waals surface area contributed by atoms with Crippen molar-refractivity contribution in [3.05, 3.63) is 48.2 Å². The van der Waals surface area contributed by atoms with Crippen LogP contribution < -0.4 is 5.32 Å². The van der Waals surface area contributed by atoms with Crippen molar-refractivity contribution in [3.63, 3.8) is 0 Å². The van der Waals surface area contributed by atoms with E-state index >= 15 is 0 Å². The fourth-order valence-corrected chi connectivity index (χ4v) is 2.84. The summed E-state index contributed by atoms with van der Waals surface area (Å²) in [4.78, 5) is 12.5. The Morgan fingerprint density at radius 1 is 1.10 bits per heavy atom. The normalized spacial score (nSPS) is 10.9. The molecule has 0 aliphatic heterocycles. The molecule has 0 atom stereocenters. The number of hydrogen-bond acceptors (Lipinski definition) is 4. The largest absolute Gasteiger partial charge is 0.370 e. The Kier molecular flexibility index (Phi) is 4.40. The highest BCUT2D eigenvalue weighted by atomic mass is 32.2. The summed E-state index contributed by atoms with van der Waals surface area (Å²) in [6.45, 7) is 3.10. The first-order valence-electron chi connectivity index (χ1n) is 7.12. The minimum atomic E-state index is 0.807. The summed E-state index contributed by atoms with van der Waals surface area (Å²) < 4.78 is 0. The lowest BCUT2D eigenvalue weighted by atomic mass is 10.3. The summed E-state index contributed by atoms with van der Waals surface area (Å²) in [5.74, 6) is 1.75. The summed E-state index contributed by atoms with van der Waals surface area (Å²) in [5.41, 5.74) is 3.14. The van der Waals surface area contributed by atoms with Crippen LogP contribution in [-0.2, 0) is 5.75 Å². The van der Waals surface area contributed by atoms with Gasteiger partial charge in [-0.05, 0) is 30.7 Å². The molecule has 3 aromatic rings. The third-order valence-corrected chi connectivity index (χ3v) is 3.99. The zero-order chi connectivity index (χ0) is 14.5. The van der Waals surface area contributed by atoms with Gasteiger partial charge in [0.05, 0.1) is 16.7 Å². The molecule has 0 amide bonds. The molecule has 0 spiro atoms. The third kappa shape index (κ3) is 3.55. The lowest BCUT2D eigenvalue weighted by Crippen LogP contribution is -2.02. The SMILES string of the molecule is CCCNc1cccc(CSc2nc3ccccc3[nH]2)n1. The van der Waals surface area contributed by atoms with Gasteiger partial charge in [-0.15, -0.1) is 0 Å². The smallest absolute Gasteiger partial charge is 0.166 e. The molecule has 2 N–H and O–H groups in total. The molecule has 0 saturated carbocycles.